The molecule has 6 nitrogen and oxygen atoms in total. The van der Waals surface area contributed by atoms with Gasteiger partial charge in [-0.25, -0.2) is 0 Å². The highest BCUT2D eigenvalue weighted by atomic mass is 32.2. The number of anilines is 1. The van der Waals surface area contributed by atoms with Crippen LogP contribution in [0.4, 0.5) is 5.69 Å². The monoisotopic (exact) mass is 450 g/mol. The maximum Gasteiger partial charge on any atom is 0.234 e. The standard InChI is InChI=1S/C25H30N4O2S/c1-5-15-29-23(16-31-22-13-7-18(3)8-14-22)27-28-25(29)32-17-24(30)26-21-11-9-20(10-12-21)19(4)6-2/h5,7-14,19H,1,6,15-17H2,2-4H3,(H,26,30)/t19-/m0/s1. The van der Waals surface area contributed by atoms with E-state index in [9.17, 15) is 4.79 Å². The van der Waals surface area contributed by atoms with E-state index in [4.69, 9.17) is 4.74 Å². The van der Waals surface area contributed by atoms with Crippen molar-refractivity contribution in [2.24, 2.45) is 0 Å². The van der Waals surface area contributed by atoms with Crippen molar-refractivity contribution in [3.63, 3.8) is 0 Å². The van der Waals surface area contributed by atoms with Crippen LogP contribution in [-0.2, 0) is 17.9 Å². The van der Waals surface area contributed by atoms with Crippen molar-refractivity contribution >= 4 is 23.4 Å². The summed E-state index contributed by atoms with van der Waals surface area (Å²) in [5.74, 6) is 2.12. The van der Waals surface area contributed by atoms with Gasteiger partial charge in [0.1, 0.15) is 12.4 Å². The van der Waals surface area contributed by atoms with Crippen LogP contribution in [0.2, 0.25) is 0 Å². The molecule has 0 saturated carbocycles. The molecule has 0 spiro atoms. The van der Waals surface area contributed by atoms with Crippen molar-refractivity contribution in [2.45, 2.75) is 51.4 Å². The van der Waals surface area contributed by atoms with E-state index in [1.165, 1.54) is 22.9 Å². The number of carbonyl (C=O) groups is 1. The van der Waals surface area contributed by atoms with Gasteiger partial charge in [0.05, 0.1) is 5.75 Å². The number of aromatic nitrogens is 3. The number of amides is 1. The van der Waals surface area contributed by atoms with Crippen molar-refractivity contribution < 1.29 is 9.53 Å². The Bertz CT molecular complexity index is 1030. The maximum atomic E-state index is 12.4. The molecule has 0 saturated heterocycles. The zero-order chi connectivity index (χ0) is 22.9. The van der Waals surface area contributed by atoms with E-state index in [-0.39, 0.29) is 11.7 Å². The molecule has 0 aliphatic carbocycles. The molecule has 0 unspecified atom stereocenters. The Labute approximate surface area is 194 Å². The van der Waals surface area contributed by atoms with Gasteiger partial charge in [0.15, 0.2) is 11.0 Å². The Kier molecular flexibility index (Phi) is 8.50. The lowest BCUT2D eigenvalue weighted by molar-refractivity contribution is -0.113. The SMILES string of the molecule is C=CCn1c(COc2ccc(C)cc2)nnc1SCC(=O)Nc1ccc([C@@H](C)CC)cc1. The lowest BCUT2D eigenvalue weighted by atomic mass is 9.99. The Morgan fingerprint density at radius 2 is 1.91 bits per heavy atom. The molecule has 3 rings (SSSR count). The van der Waals surface area contributed by atoms with Crippen molar-refractivity contribution in [2.75, 3.05) is 11.1 Å². The summed E-state index contributed by atoms with van der Waals surface area (Å²) in [7, 11) is 0. The number of aryl methyl sites for hydroxylation is 1. The molecule has 3 aromatic rings. The summed E-state index contributed by atoms with van der Waals surface area (Å²) in [5, 5.41) is 12.1. The first kappa shape index (κ1) is 23.6. The highest BCUT2D eigenvalue weighted by Crippen LogP contribution is 2.22. The van der Waals surface area contributed by atoms with Gasteiger partial charge in [0, 0.05) is 12.2 Å². The number of allylic oxidation sites excluding steroid dienone is 1. The number of rotatable bonds is 11. The fourth-order valence-electron chi connectivity index (χ4n) is 3.09. The molecule has 1 N–H and O–H groups in total. The van der Waals surface area contributed by atoms with Crippen LogP contribution in [0.5, 0.6) is 5.75 Å². The van der Waals surface area contributed by atoms with E-state index in [0.29, 0.717) is 30.1 Å². The number of hydrogen-bond acceptors (Lipinski definition) is 5. The smallest absolute Gasteiger partial charge is 0.234 e. The van der Waals surface area contributed by atoms with Gasteiger partial charge < -0.3 is 10.1 Å². The summed E-state index contributed by atoms with van der Waals surface area (Å²) in [6.45, 7) is 11.1. The Hall–Kier alpha value is -3.06. The highest BCUT2D eigenvalue weighted by Gasteiger charge is 2.14. The summed E-state index contributed by atoms with van der Waals surface area (Å²) >= 11 is 1.34. The third-order valence-electron chi connectivity index (χ3n) is 5.20. The van der Waals surface area contributed by atoms with E-state index in [0.717, 1.165) is 17.9 Å². The number of ether oxygens (including phenoxy) is 1. The molecule has 1 heterocycles. The summed E-state index contributed by atoms with van der Waals surface area (Å²) in [6, 6.07) is 15.9. The molecule has 32 heavy (non-hydrogen) atoms. The predicted octanol–water partition coefficient (Wildman–Crippen LogP) is 5.60. The number of hydrogen-bond donors (Lipinski definition) is 1. The van der Waals surface area contributed by atoms with Gasteiger partial charge in [-0.05, 0) is 49.1 Å². The van der Waals surface area contributed by atoms with Crippen molar-refractivity contribution in [1.29, 1.82) is 0 Å². The number of benzene rings is 2. The molecule has 0 bridgehead atoms. The van der Waals surface area contributed by atoms with Gasteiger partial charge in [0.2, 0.25) is 5.91 Å². The van der Waals surface area contributed by atoms with Crippen molar-refractivity contribution in [3.05, 3.63) is 78.1 Å². The average Bonchev–Trinajstić information content (AvgIpc) is 3.19. The van der Waals surface area contributed by atoms with Crippen LogP contribution in [0.1, 0.15) is 43.1 Å². The quantitative estimate of drug-likeness (QED) is 0.304. The predicted molar refractivity (Wildman–Crippen MR) is 130 cm³/mol. The molecule has 1 aromatic heterocycles. The summed E-state index contributed by atoms with van der Waals surface area (Å²) in [4.78, 5) is 12.4. The van der Waals surface area contributed by atoms with Crippen LogP contribution in [0.15, 0.2) is 66.3 Å². The molecule has 7 heteroatoms. The fraction of sp³-hybridized carbons (Fsp3) is 0.320. The number of carbonyl (C=O) groups excluding carboxylic acids is 1. The first-order chi connectivity index (χ1) is 15.5. The van der Waals surface area contributed by atoms with Gasteiger partial charge in [0.25, 0.3) is 0 Å². The van der Waals surface area contributed by atoms with Crippen LogP contribution in [-0.4, -0.2) is 26.4 Å². The third-order valence-corrected chi connectivity index (χ3v) is 6.17. The first-order valence-corrected chi connectivity index (χ1v) is 11.7. The minimum atomic E-state index is -0.0862. The number of thioether (sulfide) groups is 1. The van der Waals surface area contributed by atoms with E-state index in [1.54, 1.807) is 6.08 Å². The summed E-state index contributed by atoms with van der Waals surface area (Å²) in [6.07, 6.45) is 2.87. The zero-order valence-electron chi connectivity index (χ0n) is 18.9. The van der Waals surface area contributed by atoms with E-state index in [2.05, 4.69) is 48.1 Å². The maximum absolute atomic E-state index is 12.4. The van der Waals surface area contributed by atoms with Crippen LogP contribution in [0.3, 0.4) is 0 Å². The van der Waals surface area contributed by atoms with Crippen LogP contribution < -0.4 is 10.1 Å². The van der Waals surface area contributed by atoms with Gasteiger partial charge in [-0.2, -0.15) is 0 Å². The molecule has 2 aromatic carbocycles. The molecule has 0 aliphatic heterocycles. The largest absolute Gasteiger partial charge is 0.486 e. The van der Waals surface area contributed by atoms with Crippen LogP contribution >= 0.6 is 11.8 Å². The molecule has 1 amide bonds. The highest BCUT2D eigenvalue weighted by molar-refractivity contribution is 7.99. The Balaban J connectivity index is 1.57. The Morgan fingerprint density at radius 3 is 2.56 bits per heavy atom. The van der Waals surface area contributed by atoms with Gasteiger partial charge >= 0.3 is 0 Å². The zero-order valence-corrected chi connectivity index (χ0v) is 19.7. The number of nitrogens with zero attached hydrogens (tertiary/aromatic N) is 3. The fourth-order valence-corrected chi connectivity index (χ4v) is 3.85. The average molecular weight is 451 g/mol. The second kappa shape index (κ2) is 11.5. The van der Waals surface area contributed by atoms with Crippen molar-refractivity contribution in [3.8, 4) is 5.75 Å². The topological polar surface area (TPSA) is 69.0 Å². The normalized spacial score (nSPS) is 11.7. The summed E-state index contributed by atoms with van der Waals surface area (Å²) < 4.78 is 7.76. The van der Waals surface area contributed by atoms with Gasteiger partial charge in [-0.1, -0.05) is 61.5 Å². The molecule has 0 aliphatic rings. The Morgan fingerprint density at radius 1 is 1.19 bits per heavy atom. The number of nitrogens with one attached hydrogen (secondary N) is 1. The molecular formula is C25H30N4O2S. The second-order valence-corrected chi connectivity index (χ2v) is 8.61. The second-order valence-electron chi connectivity index (χ2n) is 7.67. The van der Waals surface area contributed by atoms with E-state index < -0.39 is 0 Å². The van der Waals surface area contributed by atoms with Crippen molar-refractivity contribution in [1.82, 2.24) is 14.8 Å². The van der Waals surface area contributed by atoms with Gasteiger partial charge in [-0.15, -0.1) is 16.8 Å². The third kappa shape index (κ3) is 6.47. The van der Waals surface area contributed by atoms with Crippen LogP contribution in [0, 0.1) is 6.92 Å². The lowest BCUT2D eigenvalue weighted by Crippen LogP contribution is -2.15. The summed E-state index contributed by atoms with van der Waals surface area (Å²) in [5.41, 5.74) is 3.25. The minimum Gasteiger partial charge on any atom is -0.486 e. The molecule has 1 atom stereocenters. The first-order valence-electron chi connectivity index (χ1n) is 10.7. The van der Waals surface area contributed by atoms with E-state index >= 15 is 0 Å². The van der Waals surface area contributed by atoms with Crippen LogP contribution in [0.25, 0.3) is 0 Å². The molecule has 168 valence electrons. The lowest BCUT2D eigenvalue weighted by Gasteiger charge is -2.11. The molecule has 0 fully saturated rings. The molecular weight excluding hydrogens is 420 g/mol. The van der Waals surface area contributed by atoms with Gasteiger partial charge in [-0.3, -0.25) is 9.36 Å². The van der Waals surface area contributed by atoms with E-state index in [1.807, 2.05) is 47.9 Å². The molecule has 0 radical (unpaired) electrons. The minimum absolute atomic E-state index is 0.0862.